The summed E-state index contributed by atoms with van der Waals surface area (Å²) in [6, 6.07) is 20.3. The van der Waals surface area contributed by atoms with Crippen molar-refractivity contribution < 1.29 is 26.8 Å². The Balaban J connectivity index is 1.52. The lowest BCUT2D eigenvalue weighted by atomic mass is 10.0. The summed E-state index contributed by atoms with van der Waals surface area (Å²) in [5.41, 5.74) is 1.09. The van der Waals surface area contributed by atoms with Crippen LogP contribution in [-0.2, 0) is 25.8 Å². The van der Waals surface area contributed by atoms with E-state index in [0.29, 0.717) is 5.56 Å². The highest BCUT2D eigenvalue weighted by atomic mass is 19.4. The van der Waals surface area contributed by atoms with Gasteiger partial charge in [-0.25, -0.2) is 9.37 Å². The van der Waals surface area contributed by atoms with Gasteiger partial charge in [-0.3, -0.25) is 9.69 Å². The van der Waals surface area contributed by atoms with E-state index >= 15 is 0 Å². The lowest BCUT2D eigenvalue weighted by molar-refractivity contribution is -0.138. The number of carbonyl (C=O) groups excluding carboxylic acids is 1. The maximum absolute atomic E-state index is 13.6. The van der Waals surface area contributed by atoms with E-state index in [2.05, 4.69) is 10.3 Å². The van der Waals surface area contributed by atoms with Crippen LogP contribution in [0.2, 0.25) is 0 Å². The first kappa shape index (κ1) is 26.1. The van der Waals surface area contributed by atoms with Gasteiger partial charge >= 0.3 is 6.18 Å². The van der Waals surface area contributed by atoms with Crippen molar-refractivity contribution in [2.75, 3.05) is 0 Å². The van der Waals surface area contributed by atoms with Crippen molar-refractivity contribution in [3.05, 3.63) is 125 Å². The fourth-order valence-corrected chi connectivity index (χ4v) is 3.96. The van der Waals surface area contributed by atoms with Gasteiger partial charge in [-0.05, 0) is 41.8 Å². The highest BCUT2D eigenvalue weighted by Crippen LogP contribution is 2.34. The van der Waals surface area contributed by atoms with Gasteiger partial charge in [-0.1, -0.05) is 60.7 Å². The average Bonchev–Trinajstić information content (AvgIpc) is 3.36. The van der Waals surface area contributed by atoms with Crippen LogP contribution in [0.25, 0.3) is 0 Å². The number of nitrogens with zero attached hydrogens (tertiary/aromatic N) is 2. The maximum atomic E-state index is 13.6. The highest BCUT2D eigenvalue weighted by molar-refractivity contribution is 5.91. The molecule has 0 bridgehead atoms. The predicted molar refractivity (Wildman–Crippen MR) is 130 cm³/mol. The Morgan fingerprint density at radius 1 is 0.973 bits per heavy atom. The third-order valence-corrected chi connectivity index (χ3v) is 6.01. The molecular formula is C28H25F4N3O2. The van der Waals surface area contributed by atoms with Crippen LogP contribution in [0.5, 0.6) is 0 Å². The molecule has 1 N–H and O–H groups in total. The number of halogens is 4. The fourth-order valence-electron chi connectivity index (χ4n) is 3.96. The number of alkyl halides is 3. The smallest absolute Gasteiger partial charge is 0.416 e. The Hall–Kier alpha value is -3.98. The Kier molecular flexibility index (Phi) is 8.03. The van der Waals surface area contributed by atoms with E-state index < -0.39 is 17.6 Å². The summed E-state index contributed by atoms with van der Waals surface area (Å²) in [5, 5.41) is 2.69. The van der Waals surface area contributed by atoms with Crippen LogP contribution >= 0.6 is 0 Å². The van der Waals surface area contributed by atoms with Crippen molar-refractivity contribution in [2.24, 2.45) is 0 Å². The van der Waals surface area contributed by atoms with E-state index in [1.54, 1.807) is 18.2 Å². The molecule has 1 amide bonds. The molecule has 0 unspecified atom stereocenters. The summed E-state index contributed by atoms with van der Waals surface area (Å²) < 4.78 is 59.5. The van der Waals surface area contributed by atoms with Gasteiger partial charge in [0, 0.05) is 19.1 Å². The largest absolute Gasteiger partial charge is 0.447 e. The number of nitrogens with one attached hydrogen (secondary N) is 1. The van der Waals surface area contributed by atoms with Crippen molar-refractivity contribution in [1.29, 1.82) is 0 Å². The molecule has 37 heavy (non-hydrogen) atoms. The first-order valence-electron chi connectivity index (χ1n) is 11.6. The van der Waals surface area contributed by atoms with Crippen molar-refractivity contribution in [3.8, 4) is 0 Å². The number of carbonyl (C=O) groups is 1. The van der Waals surface area contributed by atoms with Crippen molar-refractivity contribution in [2.45, 2.75) is 38.8 Å². The van der Waals surface area contributed by atoms with Gasteiger partial charge in [0.1, 0.15) is 12.1 Å². The van der Waals surface area contributed by atoms with E-state index in [0.717, 1.165) is 11.6 Å². The molecule has 5 nitrogen and oxygen atoms in total. The fraction of sp³-hybridized carbons (Fsp3) is 0.214. The van der Waals surface area contributed by atoms with Gasteiger partial charge in [0.05, 0.1) is 12.1 Å². The summed E-state index contributed by atoms with van der Waals surface area (Å²) in [4.78, 5) is 18.6. The molecule has 192 valence electrons. The van der Waals surface area contributed by atoms with E-state index in [4.69, 9.17) is 4.42 Å². The van der Waals surface area contributed by atoms with E-state index in [1.807, 2.05) is 42.2 Å². The summed E-state index contributed by atoms with van der Waals surface area (Å²) in [7, 11) is 0. The van der Waals surface area contributed by atoms with E-state index in [-0.39, 0.29) is 48.6 Å². The number of amides is 1. The van der Waals surface area contributed by atoms with Crippen LogP contribution in [0.1, 0.15) is 51.6 Å². The average molecular weight is 512 g/mol. The molecule has 4 aromatic rings. The van der Waals surface area contributed by atoms with Gasteiger partial charge in [-0.15, -0.1) is 0 Å². The lowest BCUT2D eigenvalue weighted by Gasteiger charge is -2.29. The van der Waals surface area contributed by atoms with Crippen molar-refractivity contribution in [3.63, 3.8) is 0 Å². The molecule has 4 rings (SSSR count). The van der Waals surface area contributed by atoms with Crippen molar-refractivity contribution >= 4 is 5.91 Å². The first-order valence-corrected chi connectivity index (χ1v) is 11.6. The van der Waals surface area contributed by atoms with Crippen LogP contribution in [0.4, 0.5) is 17.6 Å². The van der Waals surface area contributed by atoms with Crippen LogP contribution in [0.3, 0.4) is 0 Å². The molecule has 0 spiro atoms. The van der Waals surface area contributed by atoms with Crippen LogP contribution in [0, 0.1) is 5.82 Å². The quantitative estimate of drug-likeness (QED) is 0.260. The molecule has 1 atom stereocenters. The Morgan fingerprint density at radius 2 is 1.65 bits per heavy atom. The number of aromatic nitrogens is 1. The molecule has 0 saturated carbocycles. The minimum Gasteiger partial charge on any atom is -0.447 e. The number of oxazole rings is 1. The first-order chi connectivity index (χ1) is 17.7. The van der Waals surface area contributed by atoms with Gasteiger partial charge in [0.15, 0.2) is 5.69 Å². The van der Waals surface area contributed by atoms with E-state index in [1.165, 1.54) is 30.5 Å². The lowest BCUT2D eigenvalue weighted by Crippen LogP contribution is -2.28. The topological polar surface area (TPSA) is 58.4 Å². The zero-order chi connectivity index (χ0) is 26.4. The Labute approximate surface area is 211 Å². The van der Waals surface area contributed by atoms with Crippen molar-refractivity contribution in [1.82, 2.24) is 15.2 Å². The molecule has 0 aliphatic heterocycles. The zero-order valence-corrected chi connectivity index (χ0v) is 20.0. The molecular weight excluding hydrogens is 486 g/mol. The van der Waals surface area contributed by atoms with Crippen LogP contribution in [-0.4, -0.2) is 15.8 Å². The number of hydrogen-bond acceptors (Lipinski definition) is 4. The third kappa shape index (κ3) is 6.83. The minimum atomic E-state index is -4.49. The molecule has 0 saturated heterocycles. The summed E-state index contributed by atoms with van der Waals surface area (Å²) in [5.74, 6) is -0.660. The van der Waals surface area contributed by atoms with Crippen LogP contribution < -0.4 is 5.32 Å². The van der Waals surface area contributed by atoms with Crippen LogP contribution in [0.15, 0.2) is 89.5 Å². The van der Waals surface area contributed by atoms with Gasteiger partial charge in [0.25, 0.3) is 5.91 Å². The molecule has 3 aromatic carbocycles. The molecule has 1 aromatic heterocycles. The normalized spacial score (nSPS) is 12.5. The second-order valence-corrected chi connectivity index (χ2v) is 8.58. The second-order valence-electron chi connectivity index (χ2n) is 8.58. The van der Waals surface area contributed by atoms with Gasteiger partial charge in [-0.2, -0.15) is 13.2 Å². The minimum absolute atomic E-state index is 0.0137. The molecule has 1 heterocycles. The van der Waals surface area contributed by atoms with Gasteiger partial charge in [0.2, 0.25) is 5.89 Å². The Morgan fingerprint density at radius 3 is 2.35 bits per heavy atom. The SMILES string of the molecule is C[C@@H](c1ccccc1)N(Cc1nc(C(=O)NCc2ccc(F)cc2)co1)Cc1ccccc1C(F)(F)F. The highest BCUT2D eigenvalue weighted by Gasteiger charge is 2.34. The second kappa shape index (κ2) is 11.4. The molecule has 0 radical (unpaired) electrons. The molecule has 0 aliphatic carbocycles. The summed E-state index contributed by atoms with van der Waals surface area (Å²) in [6.45, 7) is 2.13. The summed E-state index contributed by atoms with van der Waals surface area (Å²) >= 11 is 0. The number of rotatable bonds is 9. The van der Waals surface area contributed by atoms with Gasteiger partial charge < -0.3 is 9.73 Å². The molecule has 9 heteroatoms. The monoisotopic (exact) mass is 511 g/mol. The zero-order valence-electron chi connectivity index (χ0n) is 20.0. The van der Waals surface area contributed by atoms with E-state index in [9.17, 15) is 22.4 Å². The Bertz CT molecular complexity index is 1320. The molecule has 0 fully saturated rings. The number of benzene rings is 3. The third-order valence-electron chi connectivity index (χ3n) is 6.01. The summed E-state index contributed by atoms with van der Waals surface area (Å²) in [6.07, 6.45) is -3.28. The maximum Gasteiger partial charge on any atom is 0.416 e. The molecule has 0 aliphatic rings. The predicted octanol–water partition coefficient (Wildman–Crippen LogP) is 6.53. The number of hydrogen-bond donors (Lipinski definition) is 1. The standard InChI is InChI=1S/C28H25F4N3O2/c1-19(21-7-3-2-4-8-21)35(16-22-9-5-6-10-24(22)28(30,31)32)17-26-34-25(18-37-26)27(36)33-15-20-11-13-23(29)14-12-20/h2-14,18-19H,15-17H2,1H3,(H,33,36)/t19-/m0/s1.